The minimum Gasteiger partial charge on any atom is -0.453 e. The van der Waals surface area contributed by atoms with Crippen LogP contribution in [0.2, 0.25) is 0 Å². The predicted octanol–water partition coefficient (Wildman–Crippen LogP) is 6.46. The van der Waals surface area contributed by atoms with E-state index in [0.717, 1.165) is 92.3 Å². The molecule has 0 bridgehead atoms. The largest absolute Gasteiger partial charge is 0.453 e. The van der Waals surface area contributed by atoms with Gasteiger partial charge in [0.15, 0.2) is 0 Å². The first kappa shape index (κ1) is 37.1. The molecule has 0 radical (unpaired) electrons. The van der Waals surface area contributed by atoms with Crippen LogP contribution in [-0.2, 0) is 9.53 Å². The molecule has 2 amide bonds. The van der Waals surface area contributed by atoms with Crippen LogP contribution in [0.1, 0.15) is 83.4 Å². The van der Waals surface area contributed by atoms with Crippen LogP contribution in [0.5, 0.6) is 0 Å². The number of H-pyrrole nitrogens is 2. The Labute approximate surface area is 313 Å². The number of hydroxylamine groups is 1. The first-order chi connectivity index (χ1) is 26.1. The van der Waals surface area contributed by atoms with E-state index in [1.54, 1.807) is 6.20 Å². The number of hydrogen-bond donors (Lipinski definition) is 6. The van der Waals surface area contributed by atoms with E-state index in [9.17, 15) is 14.8 Å². The lowest BCUT2D eigenvalue weighted by Gasteiger charge is -2.28. The van der Waals surface area contributed by atoms with Crippen molar-refractivity contribution in [2.24, 2.45) is 17.6 Å². The van der Waals surface area contributed by atoms with E-state index in [-0.39, 0.29) is 35.7 Å². The third-order valence-corrected chi connectivity index (χ3v) is 10.9. The van der Waals surface area contributed by atoms with E-state index in [2.05, 4.69) is 64.9 Å². The number of nitrogens with zero attached hydrogens (tertiary/aromatic N) is 5. The SMILES string of the molecule is COC(=O)N[C@H](CC(CCCN)c1nc2ccc3cc(-c4ccc5c(c4)ncc4nc([C@@H]6CCCN6C(=O)[C@@H](NO)C(C)C)[nH]c45)cnc3c2[nH]1)C(C)C. The number of amides is 2. The van der Waals surface area contributed by atoms with Crippen molar-refractivity contribution in [3.8, 4) is 11.1 Å². The predicted molar refractivity (Wildman–Crippen MR) is 209 cm³/mol. The number of pyridine rings is 2. The Morgan fingerprint density at radius 1 is 0.981 bits per heavy atom. The second-order valence-corrected chi connectivity index (χ2v) is 15.1. The number of hydrogen-bond acceptors (Lipinski definition) is 10. The van der Waals surface area contributed by atoms with Gasteiger partial charge in [0.1, 0.15) is 23.2 Å². The minimum absolute atomic E-state index is 0.0581. The number of aromatic amines is 2. The van der Waals surface area contributed by atoms with Crippen molar-refractivity contribution in [3.05, 3.63) is 60.4 Å². The maximum atomic E-state index is 13.3. The zero-order valence-electron chi connectivity index (χ0n) is 31.5. The van der Waals surface area contributed by atoms with Gasteiger partial charge in [-0.25, -0.2) is 14.8 Å². The summed E-state index contributed by atoms with van der Waals surface area (Å²) in [5, 5.41) is 14.6. The molecule has 5 heterocycles. The molecule has 1 aliphatic rings. The summed E-state index contributed by atoms with van der Waals surface area (Å²) in [5.41, 5.74) is 15.0. The monoisotopic (exact) mass is 734 g/mol. The molecular formula is C40H50N10O4. The molecule has 14 nitrogen and oxygen atoms in total. The molecule has 1 unspecified atom stereocenters. The molecule has 4 atom stereocenters. The highest BCUT2D eigenvalue weighted by Crippen LogP contribution is 2.36. The van der Waals surface area contributed by atoms with Crippen molar-refractivity contribution in [2.45, 2.75) is 83.8 Å². The Balaban J connectivity index is 1.17. The van der Waals surface area contributed by atoms with Crippen LogP contribution >= 0.6 is 0 Å². The Morgan fingerprint density at radius 3 is 2.56 bits per heavy atom. The summed E-state index contributed by atoms with van der Waals surface area (Å²) in [5.74, 6) is 1.66. The van der Waals surface area contributed by atoms with Crippen molar-refractivity contribution < 1.29 is 19.5 Å². The molecule has 7 N–H and O–H groups in total. The highest BCUT2D eigenvalue weighted by molar-refractivity contribution is 6.05. The molecule has 54 heavy (non-hydrogen) atoms. The Kier molecular flexibility index (Phi) is 10.8. The fourth-order valence-electron chi connectivity index (χ4n) is 7.79. The number of fused-ring (bicyclic) bond motifs is 6. The molecular weight excluding hydrogens is 685 g/mol. The number of carbonyl (C=O) groups is 2. The maximum Gasteiger partial charge on any atom is 0.407 e. The van der Waals surface area contributed by atoms with Crippen LogP contribution in [0.3, 0.4) is 0 Å². The van der Waals surface area contributed by atoms with Crippen molar-refractivity contribution in [1.29, 1.82) is 0 Å². The summed E-state index contributed by atoms with van der Waals surface area (Å²) in [6.07, 6.45) is 7.24. The molecule has 1 aliphatic heterocycles. The van der Waals surface area contributed by atoms with Crippen molar-refractivity contribution in [3.63, 3.8) is 0 Å². The molecule has 6 aromatic rings. The second kappa shape index (κ2) is 15.7. The summed E-state index contributed by atoms with van der Waals surface area (Å²) >= 11 is 0. The van der Waals surface area contributed by atoms with Gasteiger partial charge < -0.3 is 35.9 Å². The van der Waals surface area contributed by atoms with Gasteiger partial charge in [-0.1, -0.05) is 45.9 Å². The van der Waals surface area contributed by atoms with Gasteiger partial charge in [-0.05, 0) is 74.2 Å². The summed E-state index contributed by atoms with van der Waals surface area (Å²) in [6.45, 7) is 9.18. The van der Waals surface area contributed by atoms with Gasteiger partial charge in [0.2, 0.25) is 5.91 Å². The summed E-state index contributed by atoms with van der Waals surface area (Å²) in [4.78, 5) is 53.9. The van der Waals surface area contributed by atoms with Gasteiger partial charge in [-0.15, -0.1) is 0 Å². The number of benzene rings is 2. The van der Waals surface area contributed by atoms with E-state index in [1.165, 1.54) is 7.11 Å². The lowest BCUT2D eigenvalue weighted by Crippen LogP contribution is -2.48. The lowest BCUT2D eigenvalue weighted by atomic mass is 9.89. The van der Waals surface area contributed by atoms with E-state index in [4.69, 9.17) is 30.4 Å². The molecule has 1 fully saturated rings. The number of methoxy groups -OCH3 is 1. The van der Waals surface area contributed by atoms with Gasteiger partial charge in [-0.2, -0.15) is 5.48 Å². The van der Waals surface area contributed by atoms with Crippen LogP contribution < -0.4 is 16.5 Å². The van der Waals surface area contributed by atoms with Gasteiger partial charge in [0.25, 0.3) is 0 Å². The first-order valence-corrected chi connectivity index (χ1v) is 18.9. The third kappa shape index (κ3) is 7.20. The van der Waals surface area contributed by atoms with E-state index in [1.807, 2.05) is 31.0 Å². The summed E-state index contributed by atoms with van der Waals surface area (Å²) in [6, 6.07) is 11.4. The maximum absolute atomic E-state index is 13.3. The number of nitrogens with one attached hydrogen (secondary N) is 4. The summed E-state index contributed by atoms with van der Waals surface area (Å²) in [7, 11) is 1.38. The van der Waals surface area contributed by atoms with Crippen LogP contribution in [0, 0.1) is 11.8 Å². The Morgan fingerprint density at radius 2 is 1.81 bits per heavy atom. The summed E-state index contributed by atoms with van der Waals surface area (Å²) < 4.78 is 4.89. The highest BCUT2D eigenvalue weighted by atomic mass is 16.5. The number of carbonyl (C=O) groups excluding carboxylic acids is 2. The zero-order valence-corrected chi connectivity index (χ0v) is 31.5. The van der Waals surface area contributed by atoms with Crippen molar-refractivity contribution >= 4 is 55.9 Å². The fraction of sp³-hybridized carbons (Fsp3) is 0.450. The number of rotatable bonds is 13. The Bertz CT molecular complexity index is 2300. The number of nitrogens with two attached hydrogens (primary N) is 1. The van der Waals surface area contributed by atoms with E-state index < -0.39 is 12.1 Å². The van der Waals surface area contributed by atoms with E-state index >= 15 is 0 Å². The second-order valence-electron chi connectivity index (χ2n) is 15.1. The minimum atomic E-state index is -0.673. The standard InChI is InChI=1S/C40H50N10O4/c1-21(2)29(46-40(52)54-5)18-25(8-6-14-41)37-44-28-13-11-24-16-26(19-43-34(24)36(28)48-37)23-10-12-27-30(17-23)42-20-31-35(27)47-38(45-31)32-9-7-15-50(32)39(51)33(49-53)22(3)4/h10-13,16-17,19-22,25,29,32-33,49,53H,6-9,14-15,18,41H2,1-5H3,(H,44,48)(H,45,47)(H,46,52)/t25?,29-,32+,33+/m1/s1. The third-order valence-electron chi connectivity index (χ3n) is 10.9. The van der Waals surface area contributed by atoms with Gasteiger partial charge in [0, 0.05) is 41.0 Å². The zero-order chi connectivity index (χ0) is 38.1. The van der Waals surface area contributed by atoms with Crippen LogP contribution in [0.15, 0.2) is 48.8 Å². The molecule has 0 saturated carbocycles. The molecule has 7 rings (SSSR count). The van der Waals surface area contributed by atoms with E-state index in [0.29, 0.717) is 19.5 Å². The molecule has 284 valence electrons. The number of ether oxygens (including phenoxy) is 1. The number of likely N-dealkylation sites (tertiary alicyclic amines) is 1. The van der Waals surface area contributed by atoms with Gasteiger partial charge in [-0.3, -0.25) is 14.8 Å². The molecule has 0 spiro atoms. The number of imidazole rings is 2. The van der Waals surface area contributed by atoms with Crippen molar-refractivity contribution in [1.82, 2.24) is 45.6 Å². The molecule has 4 aromatic heterocycles. The normalized spacial score (nSPS) is 16.6. The number of alkyl carbamates (subject to hydrolysis) is 1. The lowest BCUT2D eigenvalue weighted by molar-refractivity contribution is -0.138. The molecule has 2 aromatic carbocycles. The van der Waals surface area contributed by atoms with Gasteiger partial charge in [0.05, 0.1) is 46.9 Å². The number of aromatic nitrogens is 6. The Hall–Kier alpha value is -5.18. The van der Waals surface area contributed by atoms with Gasteiger partial charge >= 0.3 is 6.09 Å². The molecule has 1 saturated heterocycles. The molecule has 14 heteroatoms. The fourth-order valence-corrected chi connectivity index (χ4v) is 7.79. The van der Waals surface area contributed by atoms with Crippen LogP contribution in [0.25, 0.3) is 55.0 Å². The quantitative estimate of drug-likeness (QED) is 0.0716. The topological polar surface area (TPSA) is 200 Å². The van der Waals surface area contributed by atoms with Crippen LogP contribution in [0.4, 0.5) is 4.79 Å². The smallest absolute Gasteiger partial charge is 0.407 e. The van der Waals surface area contributed by atoms with Crippen LogP contribution in [-0.4, -0.2) is 84.3 Å². The average molecular weight is 735 g/mol. The average Bonchev–Trinajstić information content (AvgIpc) is 3.94. The first-order valence-electron chi connectivity index (χ1n) is 18.9. The van der Waals surface area contributed by atoms with Crippen molar-refractivity contribution in [2.75, 3.05) is 20.2 Å². The molecule has 0 aliphatic carbocycles. The highest BCUT2D eigenvalue weighted by Gasteiger charge is 2.36.